The highest BCUT2D eigenvalue weighted by Gasteiger charge is 2.32. The molecule has 0 aromatic carbocycles. The first-order valence-corrected chi connectivity index (χ1v) is 8.56. The maximum atomic E-state index is 11.8. The van der Waals surface area contributed by atoms with Gasteiger partial charge in [-0.2, -0.15) is 0 Å². The molecule has 0 aromatic rings. The molecular weight excluding hydrogens is 286 g/mol. The van der Waals surface area contributed by atoms with Crippen molar-refractivity contribution in [3.05, 3.63) is 0 Å². The number of rotatable bonds is 6. The van der Waals surface area contributed by atoms with Crippen molar-refractivity contribution in [1.82, 2.24) is 4.90 Å². The second-order valence-electron chi connectivity index (χ2n) is 4.26. The van der Waals surface area contributed by atoms with Crippen molar-refractivity contribution >= 4 is 21.1 Å². The fourth-order valence-electron chi connectivity index (χ4n) is 1.12. The summed E-state index contributed by atoms with van der Waals surface area (Å²) >= 11 is 0. The minimum absolute atomic E-state index is 0.325. The van der Waals surface area contributed by atoms with Crippen molar-refractivity contribution in [2.75, 3.05) is 12.6 Å². The van der Waals surface area contributed by atoms with Gasteiger partial charge in [0.1, 0.15) is 12.6 Å². The molecule has 0 aromatic heterocycles. The van der Waals surface area contributed by atoms with Crippen LogP contribution in [0.3, 0.4) is 0 Å². The zero-order valence-corrected chi connectivity index (χ0v) is 11.8. The Morgan fingerprint density at radius 3 is 1.67 bits per heavy atom. The lowest BCUT2D eigenvalue weighted by atomic mass is 10.0. The molecule has 0 rings (SSSR count). The van der Waals surface area contributed by atoms with E-state index in [1.165, 1.54) is 0 Å². The van der Waals surface area contributed by atoms with E-state index in [1.54, 1.807) is 13.8 Å². The molecule has 0 aliphatic carbocycles. The van der Waals surface area contributed by atoms with Gasteiger partial charge in [0.25, 0.3) is 0 Å². The number of hydrogen-bond acceptors (Lipinski definition) is 4. The third kappa shape index (κ3) is 7.23. The van der Waals surface area contributed by atoms with Crippen LogP contribution in [0.1, 0.15) is 13.8 Å². The van der Waals surface area contributed by atoms with E-state index in [0.717, 1.165) is 0 Å². The molecule has 0 saturated carbocycles. The molecule has 18 heavy (non-hydrogen) atoms. The average Bonchev–Trinajstić information content (AvgIpc) is 2.09. The zero-order valence-electron chi connectivity index (χ0n) is 10.0. The minimum Gasteiger partial charge on any atom is -0.323 e. The molecule has 1 atom stereocenters. The van der Waals surface area contributed by atoms with Gasteiger partial charge in [-0.15, -0.1) is 0 Å². The van der Waals surface area contributed by atoms with Crippen LogP contribution in [0.5, 0.6) is 0 Å². The monoisotopic (exact) mass is 304 g/mol. The van der Waals surface area contributed by atoms with Crippen molar-refractivity contribution in [1.29, 1.82) is 0 Å². The van der Waals surface area contributed by atoms with E-state index in [2.05, 4.69) is 0 Å². The van der Waals surface area contributed by atoms with Gasteiger partial charge in [0.2, 0.25) is 5.91 Å². The summed E-state index contributed by atoms with van der Waals surface area (Å²) in [5.41, 5.74) is 5.50. The Hall–Kier alpha value is -0.270. The maximum Gasteiger partial charge on any atom is 0.344 e. The predicted octanol–water partition coefficient (Wildman–Crippen LogP) is -0.931. The first kappa shape index (κ1) is 17.7. The van der Waals surface area contributed by atoms with Gasteiger partial charge < -0.3 is 30.2 Å². The Labute approximate surface area is 104 Å². The summed E-state index contributed by atoms with van der Waals surface area (Å²) in [6.45, 7) is 3.21. The standard InChI is InChI=1S/C7H18N2O7P2/c1-5(2)6(8)7(10)9(3-17(11,12)13)4-18(14,15)16/h5-6H,3-4,8H2,1-2H3,(H2,11,12,13)(H2,14,15,16)/t6-/m0/s1. The van der Waals surface area contributed by atoms with E-state index in [1.807, 2.05) is 0 Å². The molecule has 0 aliphatic rings. The number of amides is 1. The van der Waals surface area contributed by atoms with Crippen LogP contribution in [-0.4, -0.2) is 49.0 Å². The van der Waals surface area contributed by atoms with Crippen LogP contribution < -0.4 is 5.73 Å². The van der Waals surface area contributed by atoms with Gasteiger partial charge in [-0.1, -0.05) is 13.8 Å². The molecule has 0 radical (unpaired) electrons. The van der Waals surface area contributed by atoms with E-state index in [-0.39, 0.29) is 5.92 Å². The Morgan fingerprint density at radius 1 is 1.11 bits per heavy atom. The van der Waals surface area contributed by atoms with E-state index >= 15 is 0 Å². The SMILES string of the molecule is CC(C)[C@H](N)C(=O)N(CP(=O)(O)O)CP(=O)(O)O. The average molecular weight is 304 g/mol. The molecular formula is C7H18N2O7P2. The lowest BCUT2D eigenvalue weighted by Gasteiger charge is -2.27. The Balaban J connectivity index is 5.04. The molecule has 1 amide bonds. The Kier molecular flexibility index (Phi) is 6.16. The van der Waals surface area contributed by atoms with Crippen molar-refractivity contribution < 1.29 is 33.5 Å². The van der Waals surface area contributed by atoms with E-state index in [9.17, 15) is 13.9 Å². The van der Waals surface area contributed by atoms with Gasteiger partial charge in [-0.3, -0.25) is 13.9 Å². The van der Waals surface area contributed by atoms with Crippen molar-refractivity contribution in [2.24, 2.45) is 11.7 Å². The molecule has 0 spiro atoms. The molecule has 6 N–H and O–H groups in total. The largest absolute Gasteiger partial charge is 0.344 e. The van der Waals surface area contributed by atoms with Crippen LogP contribution in [0.2, 0.25) is 0 Å². The van der Waals surface area contributed by atoms with Crippen LogP contribution in [0.15, 0.2) is 0 Å². The summed E-state index contributed by atoms with van der Waals surface area (Å²) < 4.78 is 21.7. The fourth-order valence-corrected chi connectivity index (χ4v) is 2.65. The lowest BCUT2D eigenvalue weighted by molar-refractivity contribution is -0.132. The summed E-state index contributed by atoms with van der Waals surface area (Å²) in [6, 6.07) is -1.08. The maximum absolute atomic E-state index is 11.8. The smallest absolute Gasteiger partial charge is 0.323 e. The molecule has 108 valence electrons. The third-order valence-electron chi connectivity index (χ3n) is 2.02. The fraction of sp³-hybridized carbons (Fsp3) is 0.857. The van der Waals surface area contributed by atoms with Crippen molar-refractivity contribution in [3.8, 4) is 0 Å². The second kappa shape index (κ2) is 6.25. The van der Waals surface area contributed by atoms with Crippen LogP contribution in [0.4, 0.5) is 0 Å². The quantitative estimate of drug-likeness (QED) is 0.393. The van der Waals surface area contributed by atoms with E-state index in [0.29, 0.717) is 4.90 Å². The number of nitrogens with zero attached hydrogens (tertiary/aromatic N) is 1. The molecule has 0 unspecified atom stereocenters. The Morgan fingerprint density at radius 2 is 1.44 bits per heavy atom. The highest BCUT2D eigenvalue weighted by atomic mass is 31.2. The van der Waals surface area contributed by atoms with Gasteiger partial charge in [-0.25, -0.2) is 0 Å². The van der Waals surface area contributed by atoms with Gasteiger partial charge in [0.15, 0.2) is 0 Å². The van der Waals surface area contributed by atoms with Gasteiger partial charge in [0, 0.05) is 0 Å². The molecule has 11 heteroatoms. The summed E-state index contributed by atoms with van der Waals surface area (Å²) in [6.07, 6.45) is -2.14. The topological polar surface area (TPSA) is 161 Å². The number of hydrogen-bond donors (Lipinski definition) is 5. The summed E-state index contributed by atoms with van der Waals surface area (Å²) in [5, 5.41) is 0. The van der Waals surface area contributed by atoms with Gasteiger partial charge >= 0.3 is 15.2 Å². The first-order valence-electron chi connectivity index (χ1n) is 4.97. The lowest BCUT2D eigenvalue weighted by Crippen LogP contribution is -2.47. The molecule has 9 nitrogen and oxygen atoms in total. The summed E-state index contributed by atoms with van der Waals surface area (Å²) in [7, 11) is -9.25. The number of carbonyl (C=O) groups is 1. The van der Waals surface area contributed by atoms with E-state index in [4.69, 9.17) is 25.3 Å². The van der Waals surface area contributed by atoms with Crippen molar-refractivity contribution in [2.45, 2.75) is 19.9 Å². The number of carbonyl (C=O) groups excluding carboxylic acids is 1. The molecule has 0 aliphatic heterocycles. The highest BCUT2D eigenvalue weighted by Crippen LogP contribution is 2.41. The Bertz CT molecular complexity index is 363. The first-order chi connectivity index (χ1) is 7.83. The highest BCUT2D eigenvalue weighted by molar-refractivity contribution is 7.52. The molecule has 0 fully saturated rings. The third-order valence-corrected chi connectivity index (χ3v) is 3.44. The predicted molar refractivity (Wildman–Crippen MR) is 63.5 cm³/mol. The van der Waals surface area contributed by atoms with Crippen LogP contribution in [0, 0.1) is 5.92 Å². The summed E-state index contributed by atoms with van der Waals surface area (Å²) in [4.78, 5) is 47.3. The number of nitrogens with two attached hydrogens (primary N) is 1. The normalized spacial score (nSPS) is 14.7. The van der Waals surface area contributed by atoms with Crippen molar-refractivity contribution in [3.63, 3.8) is 0 Å². The zero-order chi connectivity index (χ0) is 14.7. The molecule has 0 bridgehead atoms. The van der Waals surface area contributed by atoms with Crippen LogP contribution in [0.25, 0.3) is 0 Å². The van der Waals surface area contributed by atoms with Gasteiger partial charge in [0.05, 0.1) is 6.04 Å². The van der Waals surface area contributed by atoms with Crippen LogP contribution >= 0.6 is 15.2 Å². The molecule has 0 saturated heterocycles. The second-order valence-corrected chi connectivity index (χ2v) is 7.48. The van der Waals surface area contributed by atoms with Crippen LogP contribution in [-0.2, 0) is 13.9 Å². The van der Waals surface area contributed by atoms with Gasteiger partial charge in [-0.05, 0) is 5.92 Å². The van der Waals surface area contributed by atoms with E-state index < -0.39 is 39.7 Å². The molecule has 0 heterocycles. The minimum atomic E-state index is -4.63. The summed E-state index contributed by atoms with van der Waals surface area (Å²) in [5.74, 6) is -1.23.